The van der Waals surface area contributed by atoms with E-state index >= 15 is 0 Å². The van der Waals surface area contributed by atoms with Crippen LogP contribution < -0.4 is 10.1 Å². The minimum Gasteiger partial charge on any atom is -0.496 e. The predicted molar refractivity (Wildman–Crippen MR) is 92.3 cm³/mol. The zero-order valence-electron chi connectivity index (χ0n) is 15.0. The van der Waals surface area contributed by atoms with Gasteiger partial charge >= 0.3 is 0 Å². The average Bonchev–Trinajstić information content (AvgIpc) is 2.83. The van der Waals surface area contributed by atoms with Crippen LogP contribution in [0.2, 0.25) is 0 Å². The Morgan fingerprint density at radius 1 is 1.32 bits per heavy atom. The zero-order chi connectivity index (χ0) is 18.3. The molecule has 2 amide bonds. The Morgan fingerprint density at radius 3 is 2.76 bits per heavy atom. The van der Waals surface area contributed by atoms with Gasteiger partial charge in [-0.25, -0.2) is 0 Å². The summed E-state index contributed by atoms with van der Waals surface area (Å²) in [6.07, 6.45) is 0.114. The van der Waals surface area contributed by atoms with Crippen molar-refractivity contribution < 1.29 is 23.8 Å². The van der Waals surface area contributed by atoms with Gasteiger partial charge in [-0.05, 0) is 6.07 Å². The number of rotatable bonds is 6. The second-order valence-corrected chi connectivity index (χ2v) is 6.15. The molecular formula is C18H26N2O5. The molecule has 0 aromatic heterocycles. The molecule has 0 aliphatic carbocycles. The van der Waals surface area contributed by atoms with Gasteiger partial charge in [-0.3, -0.25) is 9.59 Å². The average molecular weight is 350 g/mol. The van der Waals surface area contributed by atoms with E-state index in [4.69, 9.17) is 14.2 Å². The molecule has 1 fully saturated rings. The summed E-state index contributed by atoms with van der Waals surface area (Å²) in [5.41, 5.74) is 0.0554. The van der Waals surface area contributed by atoms with E-state index in [2.05, 4.69) is 5.32 Å². The second-order valence-electron chi connectivity index (χ2n) is 6.15. The van der Waals surface area contributed by atoms with Crippen LogP contribution in [0.5, 0.6) is 5.75 Å². The van der Waals surface area contributed by atoms with Gasteiger partial charge in [0.15, 0.2) is 0 Å². The molecule has 0 unspecified atom stereocenters. The lowest BCUT2D eigenvalue weighted by Crippen LogP contribution is -2.50. The number of nitrogens with one attached hydrogen (secondary N) is 1. The fourth-order valence-corrected chi connectivity index (χ4v) is 2.87. The number of nitrogens with zero attached hydrogens (tertiary/aromatic N) is 1. The Balaban J connectivity index is 1.99. The number of carbonyl (C=O) groups is 2. The number of benzene rings is 1. The Kier molecular flexibility index (Phi) is 6.78. The molecule has 7 heteroatoms. The van der Waals surface area contributed by atoms with Crippen molar-refractivity contribution in [2.45, 2.75) is 25.5 Å². The van der Waals surface area contributed by atoms with E-state index in [-0.39, 0.29) is 24.8 Å². The normalized spacial score (nSPS) is 20.7. The highest BCUT2D eigenvalue weighted by Crippen LogP contribution is 2.22. The van der Waals surface area contributed by atoms with Gasteiger partial charge in [0.25, 0.3) is 0 Å². The molecule has 1 saturated heterocycles. The molecule has 138 valence electrons. The predicted octanol–water partition coefficient (Wildman–Crippen LogP) is 0.965. The molecule has 0 saturated carbocycles. The van der Waals surface area contributed by atoms with Crippen molar-refractivity contribution in [2.75, 3.05) is 40.5 Å². The molecular weight excluding hydrogens is 324 g/mol. The lowest BCUT2D eigenvalue weighted by Gasteiger charge is -2.33. The van der Waals surface area contributed by atoms with Crippen LogP contribution >= 0.6 is 0 Å². The van der Waals surface area contributed by atoms with Gasteiger partial charge in [0.1, 0.15) is 11.4 Å². The molecule has 1 aromatic carbocycles. The first-order chi connectivity index (χ1) is 12.0. The molecule has 7 nitrogen and oxygen atoms in total. The van der Waals surface area contributed by atoms with Crippen molar-refractivity contribution in [2.24, 2.45) is 0 Å². The number of para-hydroxylation sites is 1. The number of carbonyl (C=O) groups excluding carboxylic acids is 2. The van der Waals surface area contributed by atoms with Gasteiger partial charge in [-0.2, -0.15) is 0 Å². The maximum atomic E-state index is 12.4. The van der Waals surface area contributed by atoms with Gasteiger partial charge in [-0.15, -0.1) is 0 Å². The first kappa shape index (κ1) is 19.2. The number of amides is 2. The van der Waals surface area contributed by atoms with E-state index in [0.717, 1.165) is 11.3 Å². The fraction of sp³-hybridized carbons (Fsp3) is 0.556. The smallest absolute Gasteiger partial charge is 0.223 e. The summed E-state index contributed by atoms with van der Waals surface area (Å²) in [6, 6.07) is 7.52. The van der Waals surface area contributed by atoms with Crippen LogP contribution in [0.4, 0.5) is 0 Å². The Hall–Kier alpha value is -2.12. The molecule has 0 bridgehead atoms. The standard InChI is InChI=1S/C18H26N2O5/c1-14(21)20-8-9-25-13-18(12-20,24-3)10-17(22)19-11-15-6-4-5-7-16(15)23-2/h4-7H,8-13H2,1-3H3,(H,19,22)/t18-/m0/s1. The van der Waals surface area contributed by atoms with E-state index in [1.807, 2.05) is 24.3 Å². The highest BCUT2D eigenvalue weighted by atomic mass is 16.5. The Labute approximate surface area is 148 Å². The molecule has 25 heavy (non-hydrogen) atoms. The number of hydrogen-bond acceptors (Lipinski definition) is 5. The Morgan fingerprint density at radius 2 is 2.08 bits per heavy atom. The number of ether oxygens (including phenoxy) is 3. The van der Waals surface area contributed by atoms with E-state index in [1.165, 1.54) is 6.92 Å². The van der Waals surface area contributed by atoms with Crippen LogP contribution in [-0.2, 0) is 25.6 Å². The minimum atomic E-state index is -0.840. The maximum absolute atomic E-state index is 12.4. The van der Waals surface area contributed by atoms with E-state index < -0.39 is 5.60 Å². The highest BCUT2D eigenvalue weighted by Gasteiger charge is 2.38. The summed E-state index contributed by atoms with van der Waals surface area (Å²) in [5, 5.41) is 2.89. The molecule has 1 aliphatic heterocycles. The quantitative estimate of drug-likeness (QED) is 0.827. The van der Waals surface area contributed by atoms with Gasteiger partial charge in [-0.1, -0.05) is 18.2 Å². The van der Waals surface area contributed by atoms with Gasteiger partial charge in [0.2, 0.25) is 11.8 Å². The summed E-state index contributed by atoms with van der Waals surface area (Å²) in [5.74, 6) is 0.507. The number of methoxy groups -OCH3 is 2. The largest absolute Gasteiger partial charge is 0.496 e. The van der Waals surface area contributed by atoms with Crippen molar-refractivity contribution in [3.63, 3.8) is 0 Å². The van der Waals surface area contributed by atoms with Crippen molar-refractivity contribution in [3.8, 4) is 5.75 Å². The third kappa shape index (κ3) is 5.17. The van der Waals surface area contributed by atoms with E-state index in [1.54, 1.807) is 19.1 Å². The SMILES string of the molecule is COc1ccccc1CNC(=O)C[C@@]1(OC)COCCN(C(C)=O)C1. The highest BCUT2D eigenvalue weighted by molar-refractivity contribution is 5.78. The molecule has 1 heterocycles. The molecule has 2 rings (SSSR count). The van der Waals surface area contributed by atoms with Crippen LogP contribution in [0.3, 0.4) is 0 Å². The van der Waals surface area contributed by atoms with Crippen molar-refractivity contribution in [3.05, 3.63) is 29.8 Å². The summed E-state index contributed by atoms with van der Waals surface area (Å²) in [6.45, 7) is 3.42. The summed E-state index contributed by atoms with van der Waals surface area (Å²) >= 11 is 0. The lowest BCUT2D eigenvalue weighted by atomic mass is 9.99. The minimum absolute atomic E-state index is 0.0543. The van der Waals surface area contributed by atoms with Gasteiger partial charge < -0.3 is 24.4 Å². The van der Waals surface area contributed by atoms with Crippen LogP contribution in [0.1, 0.15) is 18.9 Å². The van der Waals surface area contributed by atoms with Crippen molar-refractivity contribution >= 4 is 11.8 Å². The van der Waals surface area contributed by atoms with Crippen LogP contribution in [-0.4, -0.2) is 62.8 Å². The van der Waals surface area contributed by atoms with Crippen molar-refractivity contribution in [1.82, 2.24) is 10.2 Å². The summed E-state index contributed by atoms with van der Waals surface area (Å²) in [4.78, 5) is 25.8. The zero-order valence-corrected chi connectivity index (χ0v) is 15.0. The van der Waals surface area contributed by atoms with Crippen LogP contribution in [0.25, 0.3) is 0 Å². The monoisotopic (exact) mass is 350 g/mol. The van der Waals surface area contributed by atoms with E-state index in [9.17, 15) is 9.59 Å². The van der Waals surface area contributed by atoms with Crippen LogP contribution in [0, 0.1) is 0 Å². The van der Waals surface area contributed by atoms with Gasteiger partial charge in [0.05, 0.1) is 33.3 Å². The van der Waals surface area contributed by atoms with Gasteiger partial charge in [0, 0.05) is 32.7 Å². The van der Waals surface area contributed by atoms with Crippen LogP contribution in [0.15, 0.2) is 24.3 Å². The lowest BCUT2D eigenvalue weighted by molar-refractivity contribution is -0.139. The molecule has 1 N–H and O–H groups in total. The number of hydrogen-bond donors (Lipinski definition) is 1. The topological polar surface area (TPSA) is 77.1 Å². The summed E-state index contributed by atoms with van der Waals surface area (Å²) in [7, 11) is 3.14. The summed E-state index contributed by atoms with van der Waals surface area (Å²) < 4.78 is 16.5. The molecule has 0 spiro atoms. The van der Waals surface area contributed by atoms with E-state index in [0.29, 0.717) is 26.2 Å². The third-order valence-electron chi connectivity index (χ3n) is 4.38. The molecule has 0 radical (unpaired) electrons. The first-order valence-corrected chi connectivity index (χ1v) is 8.27. The second kappa shape index (κ2) is 8.82. The molecule has 1 aliphatic rings. The first-order valence-electron chi connectivity index (χ1n) is 8.27. The molecule has 1 atom stereocenters. The third-order valence-corrected chi connectivity index (χ3v) is 4.38. The van der Waals surface area contributed by atoms with Crippen molar-refractivity contribution in [1.29, 1.82) is 0 Å². The Bertz CT molecular complexity index is 607. The fourth-order valence-electron chi connectivity index (χ4n) is 2.87. The maximum Gasteiger partial charge on any atom is 0.223 e. The molecule has 1 aromatic rings.